The zero-order chi connectivity index (χ0) is 15.0. The average molecular weight is 290 g/mol. The lowest BCUT2D eigenvalue weighted by Gasteiger charge is -2.26. The monoisotopic (exact) mass is 290 g/mol. The summed E-state index contributed by atoms with van der Waals surface area (Å²) in [5, 5.41) is 10.6. The molecule has 1 aliphatic heterocycles. The second kappa shape index (κ2) is 5.13. The topological polar surface area (TPSA) is 105 Å². The van der Waals surface area contributed by atoms with Gasteiger partial charge in [-0.3, -0.25) is 19.8 Å². The summed E-state index contributed by atoms with van der Waals surface area (Å²) in [4.78, 5) is 31.0. The first-order chi connectivity index (χ1) is 10.0. The Labute approximate surface area is 119 Å². The molecule has 8 nitrogen and oxygen atoms in total. The summed E-state index contributed by atoms with van der Waals surface area (Å²) in [5.41, 5.74) is 1.37. The van der Waals surface area contributed by atoms with Crippen LogP contribution in [0.2, 0.25) is 0 Å². The van der Waals surface area contributed by atoms with E-state index in [9.17, 15) is 14.9 Å². The van der Waals surface area contributed by atoms with E-state index in [1.54, 1.807) is 13.0 Å². The van der Waals surface area contributed by atoms with Crippen molar-refractivity contribution in [1.82, 2.24) is 14.9 Å². The maximum absolute atomic E-state index is 11.9. The summed E-state index contributed by atoms with van der Waals surface area (Å²) < 4.78 is 5.14. The van der Waals surface area contributed by atoms with Crippen LogP contribution in [0.4, 0.5) is 5.88 Å². The number of aryl methyl sites for hydroxylation is 1. The number of fused-ring (bicyclic) bond motifs is 1. The molecule has 0 radical (unpaired) electrons. The first-order valence-corrected chi connectivity index (χ1v) is 6.57. The normalized spacial score (nSPS) is 14.9. The molecule has 0 atom stereocenters. The Hall–Kier alpha value is -2.48. The van der Waals surface area contributed by atoms with Crippen molar-refractivity contribution in [3.63, 3.8) is 0 Å². The van der Waals surface area contributed by atoms with Crippen LogP contribution in [0.25, 0.3) is 0 Å². The molecular weight excluding hydrogens is 276 g/mol. The van der Waals surface area contributed by atoms with E-state index in [1.165, 1.54) is 6.07 Å². The number of nitrogens with one attached hydrogen (secondary N) is 1. The Morgan fingerprint density at radius 1 is 1.52 bits per heavy atom. The number of rotatable bonds is 3. The van der Waals surface area contributed by atoms with Gasteiger partial charge in [0.05, 0.1) is 23.9 Å². The van der Waals surface area contributed by atoms with E-state index in [2.05, 4.69) is 9.97 Å². The van der Waals surface area contributed by atoms with Crippen molar-refractivity contribution in [2.45, 2.75) is 26.4 Å². The molecule has 0 saturated carbocycles. The molecule has 0 bridgehead atoms. The molecule has 3 heterocycles. The lowest BCUT2D eigenvalue weighted by molar-refractivity contribution is -0.402. The van der Waals surface area contributed by atoms with Gasteiger partial charge in [-0.15, -0.1) is 0 Å². The number of hydrogen-bond acceptors (Lipinski definition) is 6. The molecule has 1 N–H and O–H groups in total. The van der Waals surface area contributed by atoms with Gasteiger partial charge in [0, 0.05) is 19.5 Å². The summed E-state index contributed by atoms with van der Waals surface area (Å²) >= 11 is 0. The molecule has 0 aromatic carbocycles. The Kier molecular flexibility index (Phi) is 3.30. The van der Waals surface area contributed by atoms with Gasteiger partial charge in [-0.25, -0.2) is 4.98 Å². The highest BCUT2D eigenvalue weighted by Gasteiger charge is 2.22. The van der Waals surface area contributed by atoms with E-state index in [-0.39, 0.29) is 11.4 Å². The highest BCUT2D eigenvalue weighted by atomic mass is 16.6. The fourth-order valence-corrected chi connectivity index (χ4v) is 2.51. The van der Waals surface area contributed by atoms with Crippen molar-refractivity contribution < 1.29 is 9.34 Å². The largest absolute Gasteiger partial charge is 0.433 e. The first-order valence-electron chi connectivity index (χ1n) is 6.57. The van der Waals surface area contributed by atoms with Crippen molar-refractivity contribution in [2.75, 3.05) is 6.54 Å². The van der Waals surface area contributed by atoms with Crippen LogP contribution in [0.3, 0.4) is 0 Å². The molecule has 21 heavy (non-hydrogen) atoms. The molecule has 2 aromatic rings. The van der Waals surface area contributed by atoms with Crippen LogP contribution in [-0.2, 0) is 19.5 Å². The van der Waals surface area contributed by atoms with Crippen LogP contribution >= 0.6 is 0 Å². The number of H-pyrrole nitrogens is 1. The number of nitrogens with zero attached hydrogens (tertiary/aromatic N) is 3. The van der Waals surface area contributed by atoms with Crippen LogP contribution < -0.4 is 5.56 Å². The molecule has 1 aliphatic rings. The van der Waals surface area contributed by atoms with Gasteiger partial charge >= 0.3 is 5.88 Å². The number of aromatic nitrogens is 2. The molecule has 0 saturated heterocycles. The van der Waals surface area contributed by atoms with E-state index in [4.69, 9.17) is 4.42 Å². The Morgan fingerprint density at radius 2 is 2.33 bits per heavy atom. The summed E-state index contributed by atoms with van der Waals surface area (Å²) in [6, 6.07) is 2.93. The fourth-order valence-electron chi connectivity index (χ4n) is 2.51. The average Bonchev–Trinajstić information content (AvgIpc) is 2.88. The molecule has 0 aliphatic carbocycles. The minimum absolute atomic E-state index is 0.118. The fraction of sp³-hybridized carbons (Fsp3) is 0.385. The number of nitro groups is 1. The quantitative estimate of drug-likeness (QED) is 0.671. The van der Waals surface area contributed by atoms with Crippen LogP contribution in [0.1, 0.15) is 22.8 Å². The van der Waals surface area contributed by atoms with E-state index in [1.807, 2.05) is 4.90 Å². The molecule has 3 rings (SSSR count). The molecule has 2 aromatic heterocycles. The lowest BCUT2D eigenvalue weighted by atomic mass is 10.1. The summed E-state index contributed by atoms with van der Waals surface area (Å²) in [7, 11) is 0. The van der Waals surface area contributed by atoms with Crippen LogP contribution in [0, 0.1) is 17.0 Å². The minimum Gasteiger partial charge on any atom is -0.404 e. The zero-order valence-electron chi connectivity index (χ0n) is 11.5. The Balaban J connectivity index is 1.77. The lowest BCUT2D eigenvalue weighted by Crippen LogP contribution is -2.35. The van der Waals surface area contributed by atoms with Gasteiger partial charge in [0.15, 0.2) is 0 Å². The third-order valence-corrected chi connectivity index (χ3v) is 3.47. The Bertz CT molecular complexity index is 749. The standard InChI is InChI=1S/C13H14N4O4/c1-8-14-11-4-5-16(7-10(11)13(18)15-8)6-9-2-3-12(21-9)17(19)20/h2-3H,4-7H2,1H3,(H,14,15,18). The third-order valence-electron chi connectivity index (χ3n) is 3.47. The maximum Gasteiger partial charge on any atom is 0.433 e. The van der Waals surface area contributed by atoms with Crippen LogP contribution in [-0.4, -0.2) is 26.3 Å². The molecule has 0 fully saturated rings. The highest BCUT2D eigenvalue weighted by molar-refractivity contribution is 5.22. The number of hydrogen-bond donors (Lipinski definition) is 1. The van der Waals surface area contributed by atoms with E-state index < -0.39 is 4.92 Å². The van der Waals surface area contributed by atoms with Gasteiger partial charge in [-0.05, 0) is 13.0 Å². The van der Waals surface area contributed by atoms with Crippen LogP contribution in [0.5, 0.6) is 0 Å². The number of furan rings is 1. The van der Waals surface area contributed by atoms with Crippen molar-refractivity contribution in [3.05, 3.63) is 55.4 Å². The van der Waals surface area contributed by atoms with Gasteiger partial charge in [0.25, 0.3) is 5.56 Å². The highest BCUT2D eigenvalue weighted by Crippen LogP contribution is 2.20. The summed E-state index contributed by atoms with van der Waals surface area (Å²) in [6.45, 7) is 3.39. The van der Waals surface area contributed by atoms with Gasteiger partial charge in [0.1, 0.15) is 16.5 Å². The van der Waals surface area contributed by atoms with Gasteiger partial charge < -0.3 is 9.40 Å². The predicted molar refractivity (Wildman–Crippen MR) is 72.8 cm³/mol. The van der Waals surface area contributed by atoms with E-state index >= 15 is 0 Å². The molecule has 0 amide bonds. The molecule has 8 heteroatoms. The van der Waals surface area contributed by atoms with Crippen molar-refractivity contribution in [2.24, 2.45) is 0 Å². The molecular formula is C13H14N4O4. The van der Waals surface area contributed by atoms with Gasteiger partial charge in [-0.1, -0.05) is 0 Å². The molecule has 0 unspecified atom stereocenters. The minimum atomic E-state index is -0.563. The second-order valence-electron chi connectivity index (χ2n) is 5.03. The van der Waals surface area contributed by atoms with E-state index in [0.717, 1.165) is 12.2 Å². The predicted octanol–water partition coefficient (Wildman–Crippen LogP) is 1.14. The number of aromatic amines is 1. The Morgan fingerprint density at radius 3 is 3.05 bits per heavy atom. The van der Waals surface area contributed by atoms with Crippen LogP contribution in [0.15, 0.2) is 21.3 Å². The smallest absolute Gasteiger partial charge is 0.404 e. The zero-order valence-corrected chi connectivity index (χ0v) is 11.5. The van der Waals surface area contributed by atoms with Crippen molar-refractivity contribution in [3.8, 4) is 0 Å². The van der Waals surface area contributed by atoms with Crippen molar-refractivity contribution >= 4 is 5.88 Å². The third kappa shape index (κ3) is 2.70. The van der Waals surface area contributed by atoms with Crippen molar-refractivity contribution in [1.29, 1.82) is 0 Å². The summed E-state index contributed by atoms with van der Waals surface area (Å²) in [6.07, 6.45) is 0.683. The first kappa shape index (κ1) is 13.5. The maximum atomic E-state index is 11.9. The van der Waals surface area contributed by atoms with Gasteiger partial charge in [-0.2, -0.15) is 0 Å². The summed E-state index contributed by atoms with van der Waals surface area (Å²) in [5.74, 6) is 0.869. The SMILES string of the molecule is Cc1nc2c(c(=O)[nH]1)CN(Cc1ccc([N+](=O)[O-])o1)CC2. The van der Waals surface area contributed by atoms with E-state index in [0.29, 0.717) is 36.7 Å². The molecule has 0 spiro atoms. The molecule has 110 valence electrons. The second-order valence-corrected chi connectivity index (χ2v) is 5.03. The van der Waals surface area contributed by atoms with Gasteiger partial charge in [0.2, 0.25) is 0 Å².